The summed E-state index contributed by atoms with van der Waals surface area (Å²) in [4.78, 5) is 12.8. The maximum Gasteiger partial charge on any atom is 0.417 e. The molecule has 4 rings (SSSR count). The number of alkyl halides is 3. The van der Waals surface area contributed by atoms with Crippen LogP contribution in [0.25, 0.3) is 16.5 Å². The highest BCUT2D eigenvalue weighted by atomic mass is 35.5. The molecule has 0 saturated carbocycles. The summed E-state index contributed by atoms with van der Waals surface area (Å²) in [5.41, 5.74) is 0.986. The highest BCUT2D eigenvalue weighted by Gasteiger charge is 2.35. The summed E-state index contributed by atoms with van der Waals surface area (Å²) in [6, 6.07) is 8.25. The fraction of sp³-hybridized carbons (Fsp3) is 0.200. The Morgan fingerprint density at radius 3 is 2.66 bits per heavy atom. The number of aromatic nitrogens is 1. The van der Waals surface area contributed by atoms with Gasteiger partial charge in [-0.3, -0.25) is 0 Å². The number of aromatic carboxylic acids is 1. The second-order valence-electron chi connectivity index (χ2n) is 6.61. The van der Waals surface area contributed by atoms with Crippen LogP contribution in [-0.4, -0.2) is 29.3 Å². The largest absolute Gasteiger partial charge is 0.478 e. The normalized spacial score (nSPS) is 14.9. The van der Waals surface area contributed by atoms with Crippen molar-refractivity contribution in [1.82, 2.24) is 5.16 Å². The van der Waals surface area contributed by atoms with Crippen molar-refractivity contribution >= 4 is 39.9 Å². The van der Waals surface area contributed by atoms with E-state index in [0.717, 1.165) is 11.6 Å². The van der Waals surface area contributed by atoms with Crippen LogP contribution in [0.15, 0.2) is 47.0 Å². The molecule has 1 aromatic heterocycles. The number of nitrogens with zero attached hydrogens (tertiary/aromatic N) is 2. The van der Waals surface area contributed by atoms with Crippen LogP contribution in [-0.2, 0) is 6.18 Å². The van der Waals surface area contributed by atoms with Crippen molar-refractivity contribution in [3.05, 3.63) is 64.2 Å². The molecule has 0 unspecified atom stereocenters. The van der Waals surface area contributed by atoms with Crippen molar-refractivity contribution in [1.29, 1.82) is 0 Å². The van der Waals surface area contributed by atoms with Gasteiger partial charge < -0.3 is 14.5 Å². The third-order valence-electron chi connectivity index (χ3n) is 4.86. The van der Waals surface area contributed by atoms with E-state index in [1.165, 1.54) is 24.3 Å². The summed E-state index contributed by atoms with van der Waals surface area (Å²) >= 11 is 6.22. The van der Waals surface area contributed by atoms with E-state index in [9.17, 15) is 18.0 Å². The second-order valence-corrected chi connectivity index (χ2v) is 7.02. The Hall–Kier alpha value is -3.00. The van der Waals surface area contributed by atoms with Crippen LogP contribution in [0, 0.1) is 0 Å². The van der Waals surface area contributed by atoms with Crippen molar-refractivity contribution in [3.8, 4) is 0 Å². The first-order valence-electron chi connectivity index (χ1n) is 8.68. The predicted molar refractivity (Wildman–Crippen MR) is 102 cm³/mol. The Kier molecular flexibility index (Phi) is 4.74. The summed E-state index contributed by atoms with van der Waals surface area (Å²) in [6.07, 6.45) is -2.16. The van der Waals surface area contributed by atoms with Crippen molar-refractivity contribution in [2.45, 2.75) is 12.6 Å². The van der Waals surface area contributed by atoms with Gasteiger partial charge in [0.1, 0.15) is 0 Å². The molecule has 2 heterocycles. The van der Waals surface area contributed by atoms with Crippen molar-refractivity contribution < 1.29 is 27.6 Å². The molecule has 3 aromatic rings. The number of fused-ring (bicyclic) bond motifs is 1. The first kappa shape index (κ1) is 19.3. The van der Waals surface area contributed by atoms with Crippen molar-refractivity contribution in [2.75, 3.05) is 18.0 Å². The minimum absolute atomic E-state index is 0.0549. The molecule has 0 saturated heterocycles. The SMILES string of the molecule is O=C(O)c1ccc(C2=CCN(c3noc4cccc(C(F)(F)F)c34)CC2)c(Cl)c1. The van der Waals surface area contributed by atoms with Gasteiger partial charge in [0.05, 0.1) is 16.5 Å². The number of carboxylic acids is 1. The molecule has 1 N–H and O–H groups in total. The van der Waals surface area contributed by atoms with Gasteiger partial charge in [-0.15, -0.1) is 0 Å². The number of carboxylic acid groups (broad SMARTS) is 1. The minimum Gasteiger partial charge on any atom is -0.478 e. The van der Waals surface area contributed by atoms with E-state index in [0.29, 0.717) is 30.1 Å². The quantitative estimate of drug-likeness (QED) is 0.604. The van der Waals surface area contributed by atoms with Gasteiger partial charge in [0, 0.05) is 18.1 Å². The molecule has 9 heteroatoms. The van der Waals surface area contributed by atoms with Gasteiger partial charge in [0.15, 0.2) is 11.4 Å². The average molecular weight is 423 g/mol. The molecule has 1 aliphatic heterocycles. The van der Waals surface area contributed by atoms with E-state index in [1.807, 2.05) is 6.08 Å². The molecular formula is C20H14ClF3N2O3. The zero-order valence-electron chi connectivity index (χ0n) is 14.8. The first-order valence-corrected chi connectivity index (χ1v) is 9.06. The van der Waals surface area contributed by atoms with E-state index in [1.54, 1.807) is 11.0 Å². The number of benzene rings is 2. The average Bonchev–Trinajstić information content (AvgIpc) is 3.11. The van der Waals surface area contributed by atoms with Gasteiger partial charge >= 0.3 is 12.1 Å². The van der Waals surface area contributed by atoms with E-state index >= 15 is 0 Å². The molecule has 0 fully saturated rings. The lowest BCUT2D eigenvalue weighted by molar-refractivity contribution is -0.136. The summed E-state index contributed by atoms with van der Waals surface area (Å²) < 4.78 is 45.3. The lowest BCUT2D eigenvalue weighted by Crippen LogP contribution is -2.29. The van der Waals surface area contributed by atoms with Crippen LogP contribution in [0.5, 0.6) is 0 Å². The molecule has 5 nitrogen and oxygen atoms in total. The fourth-order valence-electron chi connectivity index (χ4n) is 3.44. The van der Waals surface area contributed by atoms with Crippen LogP contribution < -0.4 is 4.90 Å². The molecule has 0 radical (unpaired) electrons. The molecular weight excluding hydrogens is 409 g/mol. The van der Waals surface area contributed by atoms with Gasteiger partial charge in [-0.25, -0.2) is 4.79 Å². The summed E-state index contributed by atoms with van der Waals surface area (Å²) in [6.45, 7) is 0.733. The Balaban J connectivity index is 1.65. The standard InChI is InChI=1S/C20H14ClF3N2O3/c21-15-10-12(19(27)28)4-5-13(15)11-6-8-26(9-7-11)18-17-14(20(22,23)24)2-1-3-16(17)29-25-18/h1-6,10H,7-9H2,(H,27,28). The van der Waals surface area contributed by atoms with Gasteiger partial charge in [-0.2, -0.15) is 13.2 Å². The maximum atomic E-state index is 13.4. The van der Waals surface area contributed by atoms with Crippen molar-refractivity contribution in [3.63, 3.8) is 0 Å². The number of hydrogen-bond acceptors (Lipinski definition) is 4. The second kappa shape index (κ2) is 7.11. The Morgan fingerprint density at radius 1 is 1.24 bits per heavy atom. The number of rotatable bonds is 3. The third-order valence-corrected chi connectivity index (χ3v) is 5.17. The Labute approximate surface area is 168 Å². The summed E-state index contributed by atoms with van der Waals surface area (Å²) in [5, 5.41) is 13.2. The van der Waals surface area contributed by atoms with Crippen LogP contribution >= 0.6 is 11.6 Å². The molecule has 0 spiro atoms. The molecule has 29 heavy (non-hydrogen) atoms. The van der Waals surface area contributed by atoms with E-state index in [4.69, 9.17) is 21.2 Å². The smallest absolute Gasteiger partial charge is 0.417 e. The van der Waals surface area contributed by atoms with E-state index in [-0.39, 0.29) is 22.4 Å². The monoisotopic (exact) mass is 422 g/mol. The predicted octanol–water partition coefficient (Wildman–Crippen LogP) is 5.49. The molecule has 2 aromatic carbocycles. The summed E-state index contributed by atoms with van der Waals surface area (Å²) in [7, 11) is 0. The third kappa shape index (κ3) is 3.55. The van der Waals surface area contributed by atoms with Crippen LogP contribution in [0.3, 0.4) is 0 Å². The van der Waals surface area contributed by atoms with Gasteiger partial charge in [-0.1, -0.05) is 35.0 Å². The van der Waals surface area contributed by atoms with E-state index in [2.05, 4.69) is 5.16 Å². The van der Waals surface area contributed by atoms with Gasteiger partial charge in [0.25, 0.3) is 0 Å². The van der Waals surface area contributed by atoms with Crippen LogP contribution in [0.4, 0.5) is 19.0 Å². The number of hydrogen-bond donors (Lipinski definition) is 1. The fourth-order valence-corrected chi connectivity index (χ4v) is 3.74. The lowest BCUT2D eigenvalue weighted by atomic mass is 9.98. The van der Waals surface area contributed by atoms with Gasteiger partial charge in [0.2, 0.25) is 0 Å². The minimum atomic E-state index is -4.52. The molecule has 0 amide bonds. The summed E-state index contributed by atoms with van der Waals surface area (Å²) in [5.74, 6) is -0.920. The number of carbonyl (C=O) groups is 1. The maximum absolute atomic E-state index is 13.4. The zero-order valence-corrected chi connectivity index (χ0v) is 15.6. The van der Waals surface area contributed by atoms with Crippen LogP contribution in [0.2, 0.25) is 5.02 Å². The Bertz CT molecular complexity index is 1140. The topological polar surface area (TPSA) is 66.6 Å². The molecule has 1 aliphatic rings. The van der Waals surface area contributed by atoms with Crippen molar-refractivity contribution in [2.24, 2.45) is 0 Å². The van der Waals surface area contributed by atoms with Gasteiger partial charge in [-0.05, 0) is 41.8 Å². The van der Waals surface area contributed by atoms with E-state index < -0.39 is 17.7 Å². The number of halogens is 4. The molecule has 150 valence electrons. The zero-order chi connectivity index (χ0) is 20.8. The first-order chi connectivity index (χ1) is 13.8. The molecule has 0 atom stereocenters. The molecule has 0 aliphatic carbocycles. The van der Waals surface area contributed by atoms with Crippen LogP contribution in [0.1, 0.15) is 27.9 Å². The highest BCUT2D eigenvalue weighted by molar-refractivity contribution is 6.32. The lowest BCUT2D eigenvalue weighted by Gasteiger charge is -2.27. The number of anilines is 1. The highest BCUT2D eigenvalue weighted by Crippen LogP contribution is 2.40. The molecule has 0 bridgehead atoms. The Morgan fingerprint density at radius 2 is 2.03 bits per heavy atom.